The molecular weight excluding hydrogens is 312 g/mol. The van der Waals surface area contributed by atoms with E-state index in [4.69, 9.17) is 0 Å². The molecule has 0 aliphatic carbocycles. The second-order valence-electron chi connectivity index (χ2n) is 4.87. The van der Waals surface area contributed by atoms with Crippen LogP contribution in [0.4, 0.5) is 0 Å². The van der Waals surface area contributed by atoms with Crippen molar-refractivity contribution in [2.75, 3.05) is 5.75 Å². The van der Waals surface area contributed by atoms with Crippen LogP contribution >= 0.6 is 10.6 Å². The normalized spacial score (nSPS) is 21.7. The molecular formula is C14H14O5S2. The number of sulfone groups is 1. The Balaban J connectivity index is 2.19. The van der Waals surface area contributed by atoms with Gasteiger partial charge in [-0.25, -0.2) is 8.42 Å². The molecule has 0 aromatic heterocycles. The molecule has 1 aliphatic heterocycles. The van der Waals surface area contributed by atoms with E-state index in [1.165, 1.54) is 30.3 Å². The molecule has 0 saturated heterocycles. The van der Waals surface area contributed by atoms with Gasteiger partial charge in [0.25, 0.3) is 0 Å². The second kappa shape index (κ2) is 4.74. The average Bonchev–Trinajstić information content (AvgIpc) is 2.74. The molecule has 0 amide bonds. The molecule has 1 aliphatic rings. The van der Waals surface area contributed by atoms with Crippen molar-refractivity contribution in [1.82, 2.24) is 0 Å². The summed E-state index contributed by atoms with van der Waals surface area (Å²) in [5.41, 5.74) is 0.0985. The number of benzene rings is 2. The van der Waals surface area contributed by atoms with Crippen molar-refractivity contribution in [3.8, 4) is 5.75 Å². The van der Waals surface area contributed by atoms with Crippen molar-refractivity contribution in [2.45, 2.75) is 15.0 Å². The number of phenolic OH excluding ortho intramolecular Hbond substituents is 1. The molecule has 1 heterocycles. The summed E-state index contributed by atoms with van der Waals surface area (Å²) in [4.78, 5) is 0.216. The first-order valence-electron chi connectivity index (χ1n) is 6.21. The zero-order chi connectivity index (χ0) is 15.3. The number of hydrogen-bond acceptors (Lipinski definition) is 5. The molecule has 3 N–H and O–H groups in total. The number of phenols is 1. The molecule has 7 heteroatoms. The SMILES string of the molecule is O=S(=O)(c1ccccc1)C1CS(O)(O)c2cccc(O)c21. The highest BCUT2D eigenvalue weighted by molar-refractivity contribution is 8.25. The molecule has 0 saturated carbocycles. The number of aromatic hydroxyl groups is 1. The van der Waals surface area contributed by atoms with Gasteiger partial charge in [0.1, 0.15) is 11.0 Å². The smallest absolute Gasteiger partial charge is 0.187 e. The topological polar surface area (TPSA) is 94.8 Å². The number of hydrogen-bond donors (Lipinski definition) is 3. The zero-order valence-electron chi connectivity index (χ0n) is 10.9. The van der Waals surface area contributed by atoms with Gasteiger partial charge in [0.15, 0.2) is 9.84 Å². The fourth-order valence-electron chi connectivity index (χ4n) is 2.54. The van der Waals surface area contributed by atoms with Crippen molar-refractivity contribution in [3.05, 3.63) is 54.1 Å². The van der Waals surface area contributed by atoms with E-state index in [0.29, 0.717) is 0 Å². The van der Waals surface area contributed by atoms with E-state index in [2.05, 4.69) is 0 Å². The third-order valence-electron chi connectivity index (χ3n) is 3.55. The first-order valence-corrected chi connectivity index (χ1v) is 9.47. The van der Waals surface area contributed by atoms with E-state index in [1.54, 1.807) is 18.2 Å². The van der Waals surface area contributed by atoms with Gasteiger partial charge in [-0.15, -0.1) is 0 Å². The van der Waals surface area contributed by atoms with Gasteiger partial charge >= 0.3 is 0 Å². The van der Waals surface area contributed by atoms with Gasteiger partial charge in [-0.05, 0) is 24.3 Å². The molecule has 21 heavy (non-hydrogen) atoms. The molecule has 0 radical (unpaired) electrons. The maximum absolute atomic E-state index is 12.7. The van der Waals surface area contributed by atoms with Gasteiger partial charge in [0.2, 0.25) is 0 Å². The minimum absolute atomic E-state index is 0.0984. The Morgan fingerprint density at radius 3 is 2.33 bits per heavy atom. The van der Waals surface area contributed by atoms with Crippen molar-refractivity contribution in [1.29, 1.82) is 0 Å². The fourth-order valence-corrected chi connectivity index (χ4v) is 6.99. The second-order valence-corrected chi connectivity index (χ2v) is 9.11. The van der Waals surface area contributed by atoms with Gasteiger partial charge < -0.3 is 5.11 Å². The molecule has 0 fully saturated rings. The van der Waals surface area contributed by atoms with E-state index < -0.39 is 25.7 Å². The van der Waals surface area contributed by atoms with E-state index in [1.807, 2.05) is 0 Å². The van der Waals surface area contributed by atoms with Crippen molar-refractivity contribution < 1.29 is 22.6 Å². The van der Waals surface area contributed by atoms with Gasteiger partial charge in [-0.3, -0.25) is 9.11 Å². The van der Waals surface area contributed by atoms with Crippen LogP contribution in [0.2, 0.25) is 0 Å². The Bertz CT molecular complexity index is 784. The lowest BCUT2D eigenvalue weighted by Crippen LogP contribution is -2.15. The maximum Gasteiger partial charge on any atom is 0.187 e. The maximum atomic E-state index is 12.7. The summed E-state index contributed by atoms with van der Waals surface area (Å²) < 4.78 is 45.7. The van der Waals surface area contributed by atoms with Crippen molar-refractivity contribution >= 4 is 20.4 Å². The lowest BCUT2D eigenvalue weighted by molar-refractivity contribution is 0.464. The van der Waals surface area contributed by atoms with E-state index in [0.717, 1.165) is 0 Å². The summed E-state index contributed by atoms with van der Waals surface area (Å²) in [5.74, 6) is -0.550. The standard InChI is InChI=1S/C14H14O5S2/c15-11-7-4-8-12-14(11)13(9-20(12,16)17)21(18,19)10-5-2-1-3-6-10/h1-8,13,15-17H,9H2. The quantitative estimate of drug-likeness (QED) is 0.788. The predicted octanol–water partition coefficient (Wildman–Crippen LogP) is 3.03. The van der Waals surface area contributed by atoms with Crippen LogP contribution in [0.15, 0.2) is 58.3 Å². The Kier molecular flexibility index (Phi) is 3.25. The van der Waals surface area contributed by atoms with E-state index in [-0.39, 0.29) is 26.9 Å². The lowest BCUT2D eigenvalue weighted by Gasteiger charge is -2.27. The number of fused-ring (bicyclic) bond motifs is 1. The molecule has 2 aromatic rings. The highest BCUT2D eigenvalue weighted by Gasteiger charge is 2.44. The molecule has 1 unspecified atom stereocenters. The van der Waals surface area contributed by atoms with E-state index >= 15 is 0 Å². The predicted molar refractivity (Wildman–Crippen MR) is 80.5 cm³/mol. The van der Waals surface area contributed by atoms with Crippen LogP contribution in [0.3, 0.4) is 0 Å². The van der Waals surface area contributed by atoms with Gasteiger partial charge in [-0.1, -0.05) is 24.3 Å². The lowest BCUT2D eigenvalue weighted by atomic mass is 10.1. The summed E-state index contributed by atoms with van der Waals surface area (Å²) in [6, 6.07) is 12.1. The fraction of sp³-hybridized carbons (Fsp3) is 0.143. The summed E-state index contributed by atoms with van der Waals surface area (Å²) >= 11 is 0. The molecule has 3 rings (SSSR count). The highest BCUT2D eigenvalue weighted by Crippen LogP contribution is 2.63. The molecule has 2 aromatic carbocycles. The van der Waals surface area contributed by atoms with Crippen LogP contribution in [0.1, 0.15) is 10.8 Å². The first-order chi connectivity index (χ1) is 9.84. The molecule has 5 nitrogen and oxygen atoms in total. The van der Waals surface area contributed by atoms with E-state index in [9.17, 15) is 22.6 Å². The Labute approximate surface area is 124 Å². The summed E-state index contributed by atoms with van der Waals surface area (Å²) in [6.45, 7) is 0. The third kappa shape index (κ3) is 2.22. The largest absolute Gasteiger partial charge is 0.508 e. The van der Waals surface area contributed by atoms with Crippen LogP contribution in [-0.4, -0.2) is 28.4 Å². The zero-order valence-corrected chi connectivity index (χ0v) is 12.5. The van der Waals surface area contributed by atoms with Crippen LogP contribution < -0.4 is 0 Å². The summed E-state index contributed by atoms with van der Waals surface area (Å²) in [5, 5.41) is 8.82. The average molecular weight is 326 g/mol. The highest BCUT2D eigenvalue weighted by atomic mass is 32.3. The summed E-state index contributed by atoms with van der Waals surface area (Å²) in [7, 11) is -7.01. The molecule has 1 atom stereocenters. The Morgan fingerprint density at radius 1 is 1.00 bits per heavy atom. The Hall–Kier alpha value is -1.54. The van der Waals surface area contributed by atoms with Gasteiger partial charge in [-0.2, -0.15) is 10.6 Å². The van der Waals surface area contributed by atoms with Crippen LogP contribution in [0, 0.1) is 0 Å². The minimum atomic E-state index is -3.80. The number of rotatable bonds is 2. The van der Waals surface area contributed by atoms with Crippen LogP contribution in [-0.2, 0) is 9.84 Å². The molecule has 112 valence electrons. The molecule has 0 spiro atoms. The third-order valence-corrected chi connectivity index (χ3v) is 7.70. The van der Waals surface area contributed by atoms with Gasteiger partial charge in [0, 0.05) is 5.56 Å². The summed E-state index contributed by atoms with van der Waals surface area (Å²) in [6.07, 6.45) is 0. The van der Waals surface area contributed by atoms with Crippen molar-refractivity contribution in [3.63, 3.8) is 0 Å². The van der Waals surface area contributed by atoms with Gasteiger partial charge in [0.05, 0.1) is 15.5 Å². The monoisotopic (exact) mass is 326 g/mol. The van der Waals surface area contributed by atoms with Crippen molar-refractivity contribution in [2.24, 2.45) is 0 Å². The van der Waals surface area contributed by atoms with Crippen LogP contribution in [0.25, 0.3) is 0 Å². The minimum Gasteiger partial charge on any atom is -0.508 e. The van der Waals surface area contributed by atoms with Crippen LogP contribution in [0.5, 0.6) is 5.75 Å². The Morgan fingerprint density at radius 2 is 1.67 bits per heavy atom. The first kappa shape index (κ1) is 14.4. The molecule has 0 bridgehead atoms.